The predicted octanol–water partition coefficient (Wildman–Crippen LogP) is 2.78. The number of pyridine rings is 1. The molecular formula is C12H17NO. The van der Waals surface area contributed by atoms with E-state index in [2.05, 4.69) is 11.6 Å². The first-order chi connectivity index (χ1) is 6.63. The molecule has 1 rings (SSSR count). The number of rotatable bonds is 4. The van der Waals surface area contributed by atoms with Crippen molar-refractivity contribution in [2.75, 3.05) is 0 Å². The third kappa shape index (κ3) is 2.96. The number of hydrogen-bond donors (Lipinski definition) is 1. The molecule has 0 radical (unpaired) electrons. The Labute approximate surface area is 85.3 Å². The van der Waals surface area contributed by atoms with E-state index in [1.165, 1.54) is 0 Å². The van der Waals surface area contributed by atoms with E-state index in [1.807, 2.05) is 26.0 Å². The van der Waals surface area contributed by atoms with Gasteiger partial charge in [0.05, 0.1) is 6.10 Å². The van der Waals surface area contributed by atoms with Crippen LogP contribution in [0.1, 0.15) is 37.1 Å². The maximum absolute atomic E-state index is 9.86. The van der Waals surface area contributed by atoms with E-state index in [9.17, 15) is 5.11 Å². The van der Waals surface area contributed by atoms with Crippen LogP contribution in [0.5, 0.6) is 0 Å². The molecule has 0 aromatic carbocycles. The van der Waals surface area contributed by atoms with Gasteiger partial charge in [0.2, 0.25) is 0 Å². The maximum atomic E-state index is 9.86. The Hall–Kier alpha value is -1.15. The number of aryl methyl sites for hydroxylation is 1. The van der Waals surface area contributed by atoms with Gasteiger partial charge in [-0.3, -0.25) is 4.98 Å². The molecular weight excluding hydrogens is 174 g/mol. The summed E-state index contributed by atoms with van der Waals surface area (Å²) in [5.74, 6) is 0. The Bertz CT molecular complexity index is 320. The second-order valence-corrected chi connectivity index (χ2v) is 3.55. The molecule has 0 aliphatic carbocycles. The van der Waals surface area contributed by atoms with Crippen molar-refractivity contribution in [1.29, 1.82) is 0 Å². The second kappa shape index (κ2) is 4.91. The quantitative estimate of drug-likeness (QED) is 0.742. The molecule has 0 fully saturated rings. The highest BCUT2D eigenvalue weighted by atomic mass is 16.3. The van der Waals surface area contributed by atoms with Crippen molar-refractivity contribution < 1.29 is 5.11 Å². The topological polar surface area (TPSA) is 33.1 Å². The minimum absolute atomic E-state index is 0.441. The van der Waals surface area contributed by atoms with Crippen LogP contribution >= 0.6 is 0 Å². The third-order valence-electron chi connectivity index (χ3n) is 2.29. The molecule has 1 aromatic heterocycles. The van der Waals surface area contributed by atoms with Gasteiger partial charge in [0, 0.05) is 11.9 Å². The summed E-state index contributed by atoms with van der Waals surface area (Å²) >= 11 is 0. The van der Waals surface area contributed by atoms with Crippen molar-refractivity contribution in [2.24, 2.45) is 0 Å². The Morgan fingerprint density at radius 3 is 2.93 bits per heavy atom. The number of aliphatic hydroxyl groups is 1. The second-order valence-electron chi connectivity index (χ2n) is 3.55. The van der Waals surface area contributed by atoms with Crippen LogP contribution in [0, 0.1) is 6.92 Å². The molecule has 0 bridgehead atoms. The van der Waals surface area contributed by atoms with Gasteiger partial charge in [-0.05, 0) is 37.5 Å². The van der Waals surface area contributed by atoms with E-state index in [1.54, 1.807) is 6.20 Å². The summed E-state index contributed by atoms with van der Waals surface area (Å²) < 4.78 is 0. The molecule has 1 aromatic rings. The fourth-order valence-electron chi connectivity index (χ4n) is 1.31. The first-order valence-electron chi connectivity index (χ1n) is 4.90. The lowest BCUT2D eigenvalue weighted by molar-refractivity contribution is 0.177. The van der Waals surface area contributed by atoms with Gasteiger partial charge in [0.15, 0.2) is 0 Å². The number of aliphatic hydroxyl groups excluding tert-OH is 1. The zero-order valence-electron chi connectivity index (χ0n) is 8.83. The first kappa shape index (κ1) is 10.9. The molecule has 2 heteroatoms. The monoisotopic (exact) mass is 191 g/mol. The largest absolute Gasteiger partial charge is 0.388 e. The summed E-state index contributed by atoms with van der Waals surface area (Å²) in [6, 6.07) is 3.76. The van der Waals surface area contributed by atoms with Crippen molar-refractivity contribution in [3.63, 3.8) is 0 Å². The SMILES string of the molecule is C=C(CC)CC(O)c1ccnc(C)c1. The average Bonchev–Trinajstić information content (AvgIpc) is 2.17. The summed E-state index contributed by atoms with van der Waals surface area (Å²) in [4.78, 5) is 4.09. The standard InChI is InChI=1S/C12H17NO/c1-4-9(2)7-12(14)11-5-6-13-10(3)8-11/h5-6,8,12,14H,2,4,7H2,1,3H3. The van der Waals surface area contributed by atoms with E-state index in [0.717, 1.165) is 23.3 Å². The molecule has 1 heterocycles. The van der Waals surface area contributed by atoms with Crippen molar-refractivity contribution in [3.8, 4) is 0 Å². The van der Waals surface area contributed by atoms with Crippen LogP contribution in [0.15, 0.2) is 30.5 Å². The van der Waals surface area contributed by atoms with Gasteiger partial charge >= 0.3 is 0 Å². The van der Waals surface area contributed by atoms with E-state index in [-0.39, 0.29) is 0 Å². The lowest BCUT2D eigenvalue weighted by Crippen LogP contribution is -1.99. The maximum Gasteiger partial charge on any atom is 0.0828 e. The molecule has 2 nitrogen and oxygen atoms in total. The lowest BCUT2D eigenvalue weighted by atomic mass is 10.0. The van der Waals surface area contributed by atoms with E-state index >= 15 is 0 Å². The molecule has 0 aliphatic rings. The summed E-state index contributed by atoms with van der Waals surface area (Å²) in [7, 11) is 0. The fourth-order valence-corrected chi connectivity index (χ4v) is 1.31. The number of nitrogens with zero attached hydrogens (tertiary/aromatic N) is 1. The lowest BCUT2D eigenvalue weighted by Gasteiger charge is -2.11. The van der Waals surface area contributed by atoms with Crippen LogP contribution in [0.25, 0.3) is 0 Å². The highest BCUT2D eigenvalue weighted by Crippen LogP contribution is 2.21. The molecule has 1 unspecified atom stereocenters. The minimum Gasteiger partial charge on any atom is -0.388 e. The van der Waals surface area contributed by atoms with Crippen molar-refractivity contribution >= 4 is 0 Å². The van der Waals surface area contributed by atoms with Gasteiger partial charge in [-0.2, -0.15) is 0 Å². The van der Waals surface area contributed by atoms with E-state index in [0.29, 0.717) is 6.42 Å². The van der Waals surface area contributed by atoms with E-state index in [4.69, 9.17) is 0 Å². The molecule has 1 atom stereocenters. The van der Waals surface area contributed by atoms with Crippen LogP contribution < -0.4 is 0 Å². The highest BCUT2D eigenvalue weighted by molar-refractivity contribution is 5.19. The Morgan fingerprint density at radius 1 is 1.64 bits per heavy atom. The summed E-state index contributed by atoms with van der Waals surface area (Å²) in [6.45, 7) is 7.86. The summed E-state index contributed by atoms with van der Waals surface area (Å²) in [5.41, 5.74) is 2.93. The number of hydrogen-bond acceptors (Lipinski definition) is 2. The van der Waals surface area contributed by atoms with Crippen LogP contribution in [0.2, 0.25) is 0 Å². The average molecular weight is 191 g/mol. The summed E-state index contributed by atoms with van der Waals surface area (Å²) in [6.07, 6.45) is 2.84. The number of aromatic nitrogens is 1. The summed E-state index contributed by atoms with van der Waals surface area (Å²) in [5, 5.41) is 9.86. The fraction of sp³-hybridized carbons (Fsp3) is 0.417. The van der Waals surface area contributed by atoms with Crippen LogP contribution in [0.3, 0.4) is 0 Å². The van der Waals surface area contributed by atoms with Crippen LogP contribution in [-0.4, -0.2) is 10.1 Å². The zero-order chi connectivity index (χ0) is 10.6. The van der Waals surface area contributed by atoms with E-state index < -0.39 is 6.10 Å². The minimum atomic E-state index is -0.441. The van der Waals surface area contributed by atoms with Crippen molar-refractivity contribution in [1.82, 2.24) is 4.98 Å². The highest BCUT2D eigenvalue weighted by Gasteiger charge is 2.08. The Kier molecular flexibility index (Phi) is 3.84. The van der Waals surface area contributed by atoms with Gasteiger partial charge < -0.3 is 5.11 Å². The van der Waals surface area contributed by atoms with Gasteiger partial charge in [-0.15, -0.1) is 0 Å². The molecule has 0 spiro atoms. The molecule has 1 N–H and O–H groups in total. The van der Waals surface area contributed by atoms with Crippen molar-refractivity contribution in [2.45, 2.75) is 32.8 Å². The predicted molar refractivity (Wildman–Crippen MR) is 58.0 cm³/mol. The van der Waals surface area contributed by atoms with Gasteiger partial charge in [0.25, 0.3) is 0 Å². The molecule has 0 amide bonds. The van der Waals surface area contributed by atoms with Gasteiger partial charge in [-0.25, -0.2) is 0 Å². The molecule has 0 aliphatic heterocycles. The third-order valence-corrected chi connectivity index (χ3v) is 2.29. The smallest absolute Gasteiger partial charge is 0.0828 e. The Morgan fingerprint density at radius 2 is 2.36 bits per heavy atom. The normalized spacial score (nSPS) is 12.5. The molecule has 76 valence electrons. The molecule has 0 saturated carbocycles. The molecule has 14 heavy (non-hydrogen) atoms. The van der Waals surface area contributed by atoms with Gasteiger partial charge in [-0.1, -0.05) is 19.1 Å². The van der Waals surface area contributed by atoms with Crippen LogP contribution in [0.4, 0.5) is 0 Å². The van der Waals surface area contributed by atoms with Gasteiger partial charge in [0.1, 0.15) is 0 Å². The molecule has 0 saturated heterocycles. The Balaban J connectivity index is 2.69. The van der Waals surface area contributed by atoms with Crippen molar-refractivity contribution in [3.05, 3.63) is 41.7 Å². The first-order valence-corrected chi connectivity index (χ1v) is 4.90. The van der Waals surface area contributed by atoms with Crippen LogP contribution in [-0.2, 0) is 0 Å². The zero-order valence-corrected chi connectivity index (χ0v) is 8.83.